The highest BCUT2D eigenvalue weighted by atomic mass is 79.9. The molecular formula is C28H26BrNO2. The van der Waals surface area contributed by atoms with E-state index in [2.05, 4.69) is 36.7 Å². The maximum Gasteiger partial charge on any atom is 0.228 e. The maximum absolute atomic E-state index is 13.1. The van der Waals surface area contributed by atoms with Crippen LogP contribution in [0, 0.1) is 0 Å². The molecule has 3 aromatic rings. The SMILES string of the molecule is CC(c1ccccc1)N1C(=O)CC(C)(C)c2cc(C(=O)/C=C/c3ccc(Br)cc3)ccc21. The Morgan fingerprint density at radius 3 is 2.41 bits per heavy atom. The summed E-state index contributed by atoms with van der Waals surface area (Å²) < 4.78 is 1.00. The summed E-state index contributed by atoms with van der Waals surface area (Å²) >= 11 is 3.42. The number of carbonyl (C=O) groups is 2. The quantitative estimate of drug-likeness (QED) is 0.283. The molecule has 1 aliphatic rings. The Morgan fingerprint density at radius 2 is 1.72 bits per heavy atom. The van der Waals surface area contributed by atoms with Crippen molar-refractivity contribution in [2.24, 2.45) is 0 Å². The largest absolute Gasteiger partial charge is 0.305 e. The molecule has 0 bridgehead atoms. The van der Waals surface area contributed by atoms with Crippen LogP contribution in [0.25, 0.3) is 6.08 Å². The summed E-state index contributed by atoms with van der Waals surface area (Å²) in [6, 6.07) is 23.5. The maximum atomic E-state index is 13.1. The van der Waals surface area contributed by atoms with Gasteiger partial charge in [0.1, 0.15) is 0 Å². The van der Waals surface area contributed by atoms with E-state index in [-0.39, 0.29) is 23.1 Å². The third-order valence-corrected chi connectivity index (χ3v) is 6.63. The van der Waals surface area contributed by atoms with Gasteiger partial charge in [0.2, 0.25) is 5.91 Å². The third-order valence-electron chi connectivity index (χ3n) is 6.10. The number of carbonyl (C=O) groups excluding carboxylic acids is 2. The minimum absolute atomic E-state index is 0.0499. The molecule has 3 nitrogen and oxygen atoms in total. The fourth-order valence-corrected chi connectivity index (χ4v) is 4.55. The normalized spacial score (nSPS) is 16.1. The van der Waals surface area contributed by atoms with Gasteiger partial charge in [0.15, 0.2) is 5.78 Å². The average molecular weight is 488 g/mol. The first-order valence-corrected chi connectivity index (χ1v) is 11.5. The topological polar surface area (TPSA) is 37.4 Å². The second-order valence-corrected chi connectivity index (χ2v) is 9.81. The molecule has 32 heavy (non-hydrogen) atoms. The van der Waals surface area contributed by atoms with Gasteiger partial charge in [-0.2, -0.15) is 0 Å². The van der Waals surface area contributed by atoms with Crippen LogP contribution in [0.15, 0.2) is 83.3 Å². The number of anilines is 1. The van der Waals surface area contributed by atoms with E-state index in [1.54, 1.807) is 6.08 Å². The first-order chi connectivity index (χ1) is 15.3. The van der Waals surface area contributed by atoms with Gasteiger partial charge in [0.05, 0.1) is 6.04 Å². The van der Waals surface area contributed by atoms with Crippen LogP contribution in [0.2, 0.25) is 0 Å². The summed E-state index contributed by atoms with van der Waals surface area (Å²) in [6.07, 6.45) is 3.84. The smallest absolute Gasteiger partial charge is 0.228 e. The summed E-state index contributed by atoms with van der Waals surface area (Å²) in [5.74, 6) is 0.0548. The zero-order valence-electron chi connectivity index (χ0n) is 18.5. The van der Waals surface area contributed by atoms with Crippen molar-refractivity contribution in [1.29, 1.82) is 0 Å². The molecule has 0 N–H and O–H groups in total. The van der Waals surface area contributed by atoms with Crippen LogP contribution in [0.4, 0.5) is 5.69 Å². The molecule has 1 unspecified atom stereocenters. The second kappa shape index (κ2) is 8.87. The van der Waals surface area contributed by atoms with Crippen LogP contribution in [0.1, 0.15) is 60.3 Å². The molecule has 3 aromatic carbocycles. The van der Waals surface area contributed by atoms with Gasteiger partial charge in [-0.1, -0.05) is 78.3 Å². The van der Waals surface area contributed by atoms with Gasteiger partial charge >= 0.3 is 0 Å². The molecule has 0 aromatic heterocycles. The molecule has 1 aliphatic heterocycles. The molecule has 0 saturated heterocycles. The Balaban J connectivity index is 1.68. The fourth-order valence-electron chi connectivity index (χ4n) is 4.28. The van der Waals surface area contributed by atoms with Crippen molar-refractivity contribution in [3.63, 3.8) is 0 Å². The highest BCUT2D eigenvalue weighted by Crippen LogP contribution is 2.44. The van der Waals surface area contributed by atoms with Crippen molar-refractivity contribution < 1.29 is 9.59 Å². The Labute approximate surface area is 197 Å². The second-order valence-electron chi connectivity index (χ2n) is 8.89. The zero-order valence-corrected chi connectivity index (χ0v) is 20.1. The van der Waals surface area contributed by atoms with Gasteiger partial charge in [-0.15, -0.1) is 0 Å². The van der Waals surface area contributed by atoms with Crippen molar-refractivity contribution >= 4 is 39.4 Å². The number of halogens is 1. The fraction of sp³-hybridized carbons (Fsp3) is 0.214. The lowest BCUT2D eigenvalue weighted by Gasteiger charge is -2.41. The monoisotopic (exact) mass is 487 g/mol. The summed E-state index contributed by atoms with van der Waals surface area (Å²) in [5.41, 5.74) is 4.26. The van der Waals surface area contributed by atoms with E-state index in [1.165, 1.54) is 0 Å². The van der Waals surface area contributed by atoms with E-state index in [0.29, 0.717) is 12.0 Å². The summed E-state index contributed by atoms with van der Waals surface area (Å²) in [5, 5.41) is 0. The van der Waals surface area contributed by atoms with Gasteiger partial charge in [-0.25, -0.2) is 0 Å². The van der Waals surface area contributed by atoms with E-state index in [1.807, 2.05) is 83.8 Å². The van der Waals surface area contributed by atoms with Crippen molar-refractivity contribution in [2.45, 2.75) is 38.6 Å². The molecule has 162 valence electrons. The molecule has 0 fully saturated rings. The van der Waals surface area contributed by atoms with Crippen molar-refractivity contribution in [1.82, 2.24) is 0 Å². The summed E-state index contributed by atoms with van der Waals surface area (Å²) in [4.78, 5) is 27.9. The van der Waals surface area contributed by atoms with Gasteiger partial charge < -0.3 is 4.90 Å². The first kappa shape index (κ1) is 22.2. The highest BCUT2D eigenvalue weighted by molar-refractivity contribution is 9.10. The van der Waals surface area contributed by atoms with Crippen LogP contribution in [0.3, 0.4) is 0 Å². The van der Waals surface area contributed by atoms with Crippen molar-refractivity contribution in [3.05, 3.63) is 106 Å². The molecule has 1 amide bonds. The number of nitrogens with zero attached hydrogens (tertiary/aromatic N) is 1. The number of benzene rings is 3. The molecule has 4 heteroatoms. The Hall–Kier alpha value is -2.98. The Bertz CT molecular complexity index is 1180. The third kappa shape index (κ3) is 4.46. The van der Waals surface area contributed by atoms with Crippen LogP contribution in [-0.2, 0) is 10.2 Å². The zero-order chi connectivity index (χ0) is 22.9. The summed E-state index contributed by atoms with van der Waals surface area (Å²) in [6.45, 7) is 6.19. The van der Waals surface area contributed by atoms with Crippen molar-refractivity contribution in [2.75, 3.05) is 4.90 Å². The van der Waals surface area contributed by atoms with Crippen LogP contribution in [0.5, 0.6) is 0 Å². The van der Waals surface area contributed by atoms with Crippen LogP contribution < -0.4 is 4.90 Å². The van der Waals surface area contributed by atoms with E-state index in [0.717, 1.165) is 26.9 Å². The van der Waals surface area contributed by atoms with Gasteiger partial charge in [0.25, 0.3) is 0 Å². The minimum atomic E-state index is -0.342. The predicted molar refractivity (Wildman–Crippen MR) is 134 cm³/mol. The van der Waals surface area contributed by atoms with E-state index in [4.69, 9.17) is 0 Å². The molecule has 1 atom stereocenters. The van der Waals surface area contributed by atoms with E-state index < -0.39 is 0 Å². The lowest BCUT2D eigenvalue weighted by atomic mass is 9.76. The number of rotatable bonds is 5. The van der Waals surface area contributed by atoms with Gasteiger partial charge in [0, 0.05) is 27.6 Å². The lowest BCUT2D eigenvalue weighted by Crippen LogP contribution is -2.43. The number of amides is 1. The number of allylic oxidation sites excluding steroid dienone is 1. The van der Waals surface area contributed by atoms with Crippen LogP contribution >= 0.6 is 15.9 Å². The van der Waals surface area contributed by atoms with E-state index in [9.17, 15) is 9.59 Å². The van der Waals surface area contributed by atoms with Crippen LogP contribution in [-0.4, -0.2) is 11.7 Å². The average Bonchev–Trinajstić information content (AvgIpc) is 2.78. The van der Waals surface area contributed by atoms with Gasteiger partial charge in [-0.05, 0) is 60.0 Å². The Morgan fingerprint density at radius 1 is 1.03 bits per heavy atom. The predicted octanol–water partition coefficient (Wildman–Crippen LogP) is 7.12. The molecular weight excluding hydrogens is 462 g/mol. The molecule has 0 saturated carbocycles. The number of hydrogen-bond acceptors (Lipinski definition) is 2. The number of hydrogen-bond donors (Lipinski definition) is 0. The standard InChI is InChI=1S/C28H26BrNO2/c1-19(21-7-5-4-6-8-21)30-25-15-12-22(17-24(25)28(2,3)18-27(30)32)26(31)16-11-20-9-13-23(29)14-10-20/h4-17,19H,18H2,1-3H3/b16-11+. The van der Waals surface area contributed by atoms with E-state index >= 15 is 0 Å². The number of fused-ring (bicyclic) bond motifs is 1. The van der Waals surface area contributed by atoms with Gasteiger partial charge in [-0.3, -0.25) is 9.59 Å². The highest BCUT2D eigenvalue weighted by Gasteiger charge is 2.39. The molecule has 1 heterocycles. The molecule has 0 radical (unpaired) electrons. The molecule has 4 rings (SSSR count). The Kier molecular flexibility index (Phi) is 6.16. The minimum Gasteiger partial charge on any atom is -0.305 e. The lowest BCUT2D eigenvalue weighted by molar-refractivity contribution is -0.120. The molecule has 0 spiro atoms. The first-order valence-electron chi connectivity index (χ1n) is 10.8. The molecule has 0 aliphatic carbocycles. The van der Waals surface area contributed by atoms with Crippen molar-refractivity contribution in [3.8, 4) is 0 Å². The summed E-state index contributed by atoms with van der Waals surface area (Å²) in [7, 11) is 0. The number of ketones is 1.